The van der Waals surface area contributed by atoms with E-state index >= 15 is 0 Å². The van der Waals surface area contributed by atoms with Crippen LogP contribution in [-0.2, 0) is 0 Å². The van der Waals surface area contributed by atoms with Gasteiger partial charge in [0, 0.05) is 12.3 Å². The van der Waals surface area contributed by atoms with Crippen LogP contribution >= 0.6 is 0 Å². The van der Waals surface area contributed by atoms with Crippen LogP contribution in [0.15, 0.2) is 12.3 Å². The lowest BCUT2D eigenvalue weighted by atomic mass is 10.7. The van der Waals surface area contributed by atoms with E-state index in [0.717, 1.165) is 5.65 Å². The van der Waals surface area contributed by atoms with E-state index in [9.17, 15) is 0 Å². The first-order valence-corrected chi connectivity index (χ1v) is 2.18. The van der Waals surface area contributed by atoms with Crippen LogP contribution in [0.4, 0.5) is 0 Å². The molecule has 0 aliphatic heterocycles. The molecule has 0 unspecified atom stereocenters. The van der Waals surface area contributed by atoms with Gasteiger partial charge in [0.25, 0.3) is 0 Å². The number of hydrogen-bond donors (Lipinski definition) is 1. The molecule has 0 radical (unpaired) electrons. The first kappa shape index (κ1) is 3.59. The second-order valence-corrected chi connectivity index (χ2v) is 1.41. The molecular formula is C3H3N5. The number of aromatic amines is 1. The average Bonchev–Trinajstić information content (AvgIpc) is 2.15. The van der Waals surface area contributed by atoms with E-state index in [1.807, 2.05) is 0 Å². The Morgan fingerprint density at radius 2 is 2.62 bits per heavy atom. The Morgan fingerprint density at radius 1 is 1.62 bits per heavy atom. The largest absolute Gasteiger partial charge is 0.282 e. The van der Waals surface area contributed by atoms with Gasteiger partial charge < -0.3 is 0 Å². The summed E-state index contributed by atoms with van der Waals surface area (Å²) >= 11 is 0. The molecule has 0 aromatic carbocycles. The number of nitrogens with zero attached hydrogens (tertiary/aromatic N) is 4. The highest BCUT2D eigenvalue weighted by Crippen LogP contribution is 1.88. The lowest BCUT2D eigenvalue weighted by Gasteiger charge is -1.69. The molecule has 2 heterocycles. The van der Waals surface area contributed by atoms with Gasteiger partial charge in [0.15, 0.2) is 5.65 Å². The average molecular weight is 109 g/mol. The predicted octanol–water partition coefficient (Wildman–Crippen LogP) is -0.548. The normalized spacial score (nSPS) is 10.5. The minimum absolute atomic E-state index is 0.741. The highest BCUT2D eigenvalue weighted by molar-refractivity contribution is 5.31. The van der Waals surface area contributed by atoms with Crippen molar-refractivity contribution in [2.24, 2.45) is 0 Å². The van der Waals surface area contributed by atoms with Crippen LogP contribution in [-0.4, -0.2) is 25.3 Å². The molecule has 5 nitrogen and oxygen atoms in total. The van der Waals surface area contributed by atoms with Crippen molar-refractivity contribution in [2.45, 2.75) is 0 Å². The van der Waals surface area contributed by atoms with Gasteiger partial charge in [-0.15, -0.1) is 9.73 Å². The van der Waals surface area contributed by atoms with Crippen LogP contribution in [0, 0.1) is 0 Å². The number of fused-ring (bicyclic) bond motifs is 1. The molecule has 0 atom stereocenters. The van der Waals surface area contributed by atoms with Gasteiger partial charge in [-0.3, -0.25) is 5.10 Å². The van der Waals surface area contributed by atoms with Crippen LogP contribution in [0.25, 0.3) is 5.65 Å². The fraction of sp³-hybridized carbons (Fsp3) is 0. The zero-order valence-electron chi connectivity index (χ0n) is 3.94. The first-order valence-electron chi connectivity index (χ1n) is 2.18. The number of nitrogens with one attached hydrogen (secondary N) is 1. The lowest BCUT2D eigenvalue weighted by molar-refractivity contribution is 0.743. The van der Waals surface area contributed by atoms with Crippen molar-refractivity contribution in [1.29, 1.82) is 0 Å². The maximum Gasteiger partial charge on any atom is 0.199 e. The van der Waals surface area contributed by atoms with Gasteiger partial charge in [-0.05, 0) is 10.4 Å². The third-order valence-corrected chi connectivity index (χ3v) is 0.923. The fourth-order valence-electron chi connectivity index (χ4n) is 0.572. The van der Waals surface area contributed by atoms with E-state index in [1.54, 1.807) is 12.3 Å². The fourth-order valence-corrected chi connectivity index (χ4v) is 0.572. The van der Waals surface area contributed by atoms with Gasteiger partial charge in [0.05, 0.1) is 0 Å². The molecule has 0 saturated heterocycles. The lowest BCUT2D eigenvalue weighted by Crippen LogP contribution is -1.83. The monoisotopic (exact) mass is 109 g/mol. The Morgan fingerprint density at radius 3 is 3.50 bits per heavy atom. The summed E-state index contributed by atoms with van der Waals surface area (Å²) in [5, 5.41) is 13.4. The van der Waals surface area contributed by atoms with Gasteiger partial charge in [0.2, 0.25) is 0 Å². The van der Waals surface area contributed by atoms with Crippen molar-refractivity contribution in [3.05, 3.63) is 12.3 Å². The number of aromatic nitrogens is 5. The van der Waals surface area contributed by atoms with Crippen LogP contribution in [0.3, 0.4) is 0 Å². The smallest absolute Gasteiger partial charge is 0.199 e. The Bertz CT molecular complexity index is 229. The molecule has 2 aromatic heterocycles. The second-order valence-electron chi connectivity index (χ2n) is 1.41. The minimum Gasteiger partial charge on any atom is -0.282 e. The quantitative estimate of drug-likeness (QED) is 0.494. The molecule has 0 bridgehead atoms. The van der Waals surface area contributed by atoms with E-state index in [0.29, 0.717) is 0 Å². The van der Waals surface area contributed by atoms with Crippen molar-refractivity contribution >= 4 is 5.65 Å². The van der Waals surface area contributed by atoms with E-state index in [2.05, 4.69) is 20.6 Å². The van der Waals surface area contributed by atoms with E-state index in [1.165, 1.54) is 4.63 Å². The summed E-state index contributed by atoms with van der Waals surface area (Å²) < 4.78 is 1.49. The maximum atomic E-state index is 3.65. The highest BCUT2D eigenvalue weighted by atomic mass is 15.6. The summed E-state index contributed by atoms with van der Waals surface area (Å²) in [7, 11) is 0. The van der Waals surface area contributed by atoms with Crippen LogP contribution in [0.1, 0.15) is 0 Å². The minimum atomic E-state index is 0.741. The first-order chi connectivity index (χ1) is 3.97. The SMILES string of the molecule is c1cc2nnnn2[nH]1. The molecule has 0 spiro atoms. The molecule has 2 aromatic rings. The number of tetrazole rings is 1. The van der Waals surface area contributed by atoms with E-state index in [4.69, 9.17) is 0 Å². The summed E-state index contributed by atoms with van der Waals surface area (Å²) in [6, 6.07) is 1.79. The summed E-state index contributed by atoms with van der Waals surface area (Å²) in [5.41, 5.74) is 0.741. The molecule has 0 aliphatic rings. The number of H-pyrrole nitrogens is 1. The summed E-state index contributed by atoms with van der Waals surface area (Å²) in [6.07, 6.45) is 1.75. The molecule has 0 saturated carbocycles. The maximum absolute atomic E-state index is 3.65. The number of rotatable bonds is 0. The predicted molar refractivity (Wildman–Crippen MR) is 25.1 cm³/mol. The van der Waals surface area contributed by atoms with Gasteiger partial charge in [-0.2, -0.15) is 0 Å². The Labute approximate surface area is 44.3 Å². The van der Waals surface area contributed by atoms with Gasteiger partial charge in [0.1, 0.15) is 0 Å². The summed E-state index contributed by atoms with van der Waals surface area (Å²) in [6.45, 7) is 0. The van der Waals surface area contributed by atoms with E-state index < -0.39 is 0 Å². The van der Waals surface area contributed by atoms with Crippen LogP contribution < -0.4 is 0 Å². The Hall–Kier alpha value is -1.39. The van der Waals surface area contributed by atoms with Crippen molar-refractivity contribution in [3.63, 3.8) is 0 Å². The molecule has 0 amide bonds. The third-order valence-electron chi connectivity index (χ3n) is 0.923. The topological polar surface area (TPSA) is 58.9 Å². The van der Waals surface area contributed by atoms with Crippen molar-refractivity contribution < 1.29 is 0 Å². The van der Waals surface area contributed by atoms with Gasteiger partial charge >= 0.3 is 0 Å². The Balaban J connectivity index is 3.06. The zero-order chi connectivity index (χ0) is 5.40. The molecule has 2 rings (SSSR count). The standard InChI is InChI=1S/C3H3N5/c1-2-4-8-3(1)5-6-7-8/h1-2,4H. The summed E-state index contributed by atoms with van der Waals surface area (Å²) in [5.74, 6) is 0. The van der Waals surface area contributed by atoms with Gasteiger partial charge in [-0.1, -0.05) is 0 Å². The number of hydrogen-bond acceptors (Lipinski definition) is 3. The molecule has 0 aliphatic carbocycles. The highest BCUT2D eigenvalue weighted by Gasteiger charge is 1.90. The second kappa shape index (κ2) is 1.06. The van der Waals surface area contributed by atoms with Crippen LogP contribution in [0.5, 0.6) is 0 Å². The van der Waals surface area contributed by atoms with Gasteiger partial charge in [-0.25, -0.2) is 0 Å². The Kier molecular flexibility index (Phi) is 0.476. The molecule has 0 fully saturated rings. The zero-order valence-corrected chi connectivity index (χ0v) is 3.94. The third kappa shape index (κ3) is 0.281. The molecular weight excluding hydrogens is 106 g/mol. The molecule has 5 heteroatoms. The van der Waals surface area contributed by atoms with Crippen molar-refractivity contribution in [1.82, 2.24) is 25.3 Å². The summed E-state index contributed by atoms with van der Waals surface area (Å²) in [4.78, 5) is 0. The molecule has 8 heavy (non-hydrogen) atoms. The van der Waals surface area contributed by atoms with Crippen molar-refractivity contribution in [3.8, 4) is 0 Å². The van der Waals surface area contributed by atoms with Crippen LogP contribution in [0.2, 0.25) is 0 Å². The molecule has 1 N–H and O–H groups in total. The molecule has 40 valence electrons. The van der Waals surface area contributed by atoms with E-state index in [-0.39, 0.29) is 0 Å². The van der Waals surface area contributed by atoms with Crippen molar-refractivity contribution in [2.75, 3.05) is 0 Å².